The lowest BCUT2D eigenvalue weighted by molar-refractivity contribution is 0.0730. The van der Waals surface area contributed by atoms with Crippen molar-refractivity contribution in [3.8, 4) is 0 Å². The average Bonchev–Trinajstić information content (AvgIpc) is 3.55. The minimum Gasteiger partial charge on any atom is -0.331 e. The third-order valence-corrected chi connectivity index (χ3v) is 6.52. The van der Waals surface area contributed by atoms with Crippen LogP contribution in [0.1, 0.15) is 54.1 Å². The van der Waals surface area contributed by atoms with Gasteiger partial charge in [0.1, 0.15) is 0 Å². The Hall–Kier alpha value is -2.44. The van der Waals surface area contributed by atoms with Crippen LogP contribution in [0.25, 0.3) is 0 Å². The third kappa shape index (κ3) is 5.34. The summed E-state index contributed by atoms with van der Waals surface area (Å²) in [5.74, 6) is 0.407. The van der Waals surface area contributed by atoms with Crippen LogP contribution in [-0.4, -0.2) is 31.8 Å². The zero-order chi connectivity index (χ0) is 21.0. The molecule has 0 unspecified atom stereocenters. The molecule has 1 saturated carbocycles. The molecule has 0 spiro atoms. The lowest BCUT2D eigenvalue weighted by Crippen LogP contribution is -2.32. The summed E-state index contributed by atoms with van der Waals surface area (Å²) in [7, 11) is -3.60. The van der Waals surface area contributed by atoms with E-state index in [1.807, 2.05) is 4.90 Å². The van der Waals surface area contributed by atoms with Gasteiger partial charge in [0.2, 0.25) is 10.0 Å². The molecule has 0 atom stereocenters. The van der Waals surface area contributed by atoms with Crippen LogP contribution in [-0.2, 0) is 16.6 Å². The van der Waals surface area contributed by atoms with Gasteiger partial charge in [-0.1, -0.05) is 44.2 Å². The van der Waals surface area contributed by atoms with E-state index in [2.05, 4.69) is 49.4 Å². The number of amides is 1. The molecule has 2 aromatic carbocycles. The highest BCUT2D eigenvalue weighted by Gasteiger charge is 2.33. The molecule has 6 heteroatoms. The fourth-order valence-electron chi connectivity index (χ4n) is 3.15. The van der Waals surface area contributed by atoms with Gasteiger partial charge in [-0.05, 0) is 54.2 Å². The molecule has 154 valence electrons. The maximum atomic E-state index is 13.1. The van der Waals surface area contributed by atoms with E-state index in [-0.39, 0.29) is 23.4 Å². The van der Waals surface area contributed by atoms with Crippen LogP contribution in [0.4, 0.5) is 0 Å². The van der Waals surface area contributed by atoms with Crippen LogP contribution in [0.5, 0.6) is 0 Å². The molecule has 1 aliphatic rings. The predicted molar refractivity (Wildman–Crippen MR) is 115 cm³/mol. The Morgan fingerprint density at radius 2 is 1.76 bits per heavy atom. The summed E-state index contributed by atoms with van der Waals surface area (Å²) < 4.78 is 26.8. The molecule has 0 saturated heterocycles. The lowest BCUT2D eigenvalue weighted by atomic mass is 10.0. The Morgan fingerprint density at radius 3 is 2.28 bits per heavy atom. The first-order chi connectivity index (χ1) is 13.8. The van der Waals surface area contributed by atoms with Crippen LogP contribution >= 0.6 is 0 Å². The van der Waals surface area contributed by atoms with E-state index < -0.39 is 10.0 Å². The molecule has 2 aromatic rings. The zero-order valence-electron chi connectivity index (χ0n) is 17.0. The molecule has 3 rings (SSSR count). The highest BCUT2D eigenvalue weighted by Crippen LogP contribution is 2.30. The fraction of sp³-hybridized carbons (Fsp3) is 0.348. The summed E-state index contributed by atoms with van der Waals surface area (Å²) in [6, 6.07) is 14.8. The molecule has 0 aromatic heterocycles. The average molecular weight is 413 g/mol. The smallest absolute Gasteiger partial charge is 0.254 e. The first-order valence-corrected chi connectivity index (χ1v) is 11.4. The van der Waals surface area contributed by atoms with Crippen molar-refractivity contribution in [3.63, 3.8) is 0 Å². The van der Waals surface area contributed by atoms with Gasteiger partial charge in [-0.25, -0.2) is 13.1 Å². The Balaban J connectivity index is 1.75. The quantitative estimate of drug-likeness (QED) is 0.631. The normalized spacial score (nSPS) is 14.0. The van der Waals surface area contributed by atoms with Crippen LogP contribution in [0.15, 0.2) is 66.1 Å². The minimum absolute atomic E-state index is 0.0663. The molecule has 0 aliphatic heterocycles. The molecule has 0 radical (unpaired) electrons. The Labute approximate surface area is 173 Å². The van der Waals surface area contributed by atoms with E-state index in [4.69, 9.17) is 0 Å². The molecular formula is C23H28N2O3S. The number of carbonyl (C=O) groups is 1. The number of hydrogen-bond donors (Lipinski definition) is 1. The second kappa shape index (κ2) is 8.93. The predicted octanol–water partition coefficient (Wildman–Crippen LogP) is 4.08. The van der Waals surface area contributed by atoms with Gasteiger partial charge in [0.05, 0.1) is 4.90 Å². The van der Waals surface area contributed by atoms with Gasteiger partial charge in [0, 0.05) is 24.7 Å². The number of carbonyl (C=O) groups excluding carboxylic acids is 1. The monoisotopic (exact) mass is 412 g/mol. The summed E-state index contributed by atoms with van der Waals surface area (Å²) in [4.78, 5) is 15.1. The van der Waals surface area contributed by atoms with E-state index in [1.165, 1.54) is 23.8 Å². The van der Waals surface area contributed by atoms with Gasteiger partial charge in [-0.3, -0.25) is 4.79 Å². The molecule has 29 heavy (non-hydrogen) atoms. The number of nitrogens with one attached hydrogen (secondary N) is 1. The van der Waals surface area contributed by atoms with Gasteiger partial charge in [0.15, 0.2) is 0 Å². The summed E-state index contributed by atoms with van der Waals surface area (Å²) in [6.07, 6.45) is 3.50. The fourth-order valence-corrected chi connectivity index (χ4v) is 4.15. The number of benzene rings is 2. The van der Waals surface area contributed by atoms with Crippen molar-refractivity contribution in [3.05, 3.63) is 77.9 Å². The summed E-state index contributed by atoms with van der Waals surface area (Å²) in [6.45, 7) is 8.54. The first kappa shape index (κ1) is 21.3. The van der Waals surface area contributed by atoms with Crippen LogP contribution in [0, 0.1) is 0 Å². The molecule has 1 aliphatic carbocycles. The number of nitrogens with zero attached hydrogens (tertiary/aromatic N) is 1. The highest BCUT2D eigenvalue weighted by atomic mass is 32.2. The van der Waals surface area contributed by atoms with Crippen molar-refractivity contribution in [2.75, 3.05) is 6.54 Å². The van der Waals surface area contributed by atoms with E-state index in [0.717, 1.165) is 18.4 Å². The van der Waals surface area contributed by atoms with Gasteiger partial charge in [-0.15, -0.1) is 6.58 Å². The molecule has 0 bridgehead atoms. The van der Waals surface area contributed by atoms with E-state index in [9.17, 15) is 13.2 Å². The van der Waals surface area contributed by atoms with Gasteiger partial charge in [-0.2, -0.15) is 0 Å². The first-order valence-electron chi connectivity index (χ1n) is 9.92. The van der Waals surface area contributed by atoms with Crippen molar-refractivity contribution in [2.24, 2.45) is 0 Å². The highest BCUT2D eigenvalue weighted by molar-refractivity contribution is 7.89. The van der Waals surface area contributed by atoms with E-state index in [0.29, 0.717) is 18.0 Å². The van der Waals surface area contributed by atoms with Crippen molar-refractivity contribution in [1.29, 1.82) is 0 Å². The SMILES string of the molecule is C=CCNS(=O)(=O)c1ccc(C(=O)N(Cc2ccc(C(C)C)cc2)C2CC2)cc1. The largest absolute Gasteiger partial charge is 0.331 e. The summed E-state index contributed by atoms with van der Waals surface area (Å²) in [5, 5.41) is 0. The number of rotatable bonds is 9. The van der Waals surface area contributed by atoms with Crippen LogP contribution in [0.2, 0.25) is 0 Å². The van der Waals surface area contributed by atoms with Crippen LogP contribution in [0.3, 0.4) is 0 Å². The topological polar surface area (TPSA) is 66.5 Å². The number of sulfonamides is 1. The van der Waals surface area contributed by atoms with E-state index >= 15 is 0 Å². The molecule has 1 N–H and O–H groups in total. The molecule has 0 heterocycles. The maximum Gasteiger partial charge on any atom is 0.254 e. The van der Waals surface area contributed by atoms with Crippen LogP contribution < -0.4 is 4.72 Å². The molecule has 1 amide bonds. The standard InChI is InChI=1S/C23H28N2O3S/c1-4-15-24-29(27,28)22-13-9-20(10-14-22)23(26)25(21-11-12-21)16-18-5-7-19(8-6-18)17(2)3/h4-10,13-14,17,21,24H,1,11-12,15-16H2,2-3H3. The summed E-state index contributed by atoms with van der Waals surface area (Å²) in [5.41, 5.74) is 2.88. The molecule has 5 nitrogen and oxygen atoms in total. The zero-order valence-corrected chi connectivity index (χ0v) is 17.8. The van der Waals surface area contributed by atoms with Gasteiger partial charge < -0.3 is 4.90 Å². The minimum atomic E-state index is -3.60. The molecule has 1 fully saturated rings. The van der Waals surface area contributed by atoms with Crippen molar-refractivity contribution in [1.82, 2.24) is 9.62 Å². The van der Waals surface area contributed by atoms with Crippen molar-refractivity contribution in [2.45, 2.75) is 50.1 Å². The Kier molecular flexibility index (Phi) is 6.55. The maximum absolute atomic E-state index is 13.1. The van der Waals surface area contributed by atoms with Gasteiger partial charge >= 0.3 is 0 Å². The van der Waals surface area contributed by atoms with E-state index in [1.54, 1.807) is 12.1 Å². The number of hydrogen-bond acceptors (Lipinski definition) is 3. The second-order valence-electron chi connectivity index (χ2n) is 7.73. The summed E-state index contributed by atoms with van der Waals surface area (Å²) >= 11 is 0. The Morgan fingerprint density at radius 1 is 1.14 bits per heavy atom. The van der Waals surface area contributed by atoms with Crippen molar-refractivity contribution >= 4 is 15.9 Å². The van der Waals surface area contributed by atoms with Crippen molar-refractivity contribution < 1.29 is 13.2 Å². The lowest BCUT2D eigenvalue weighted by Gasteiger charge is -2.23. The Bertz CT molecular complexity index is 960. The molecular weight excluding hydrogens is 384 g/mol. The third-order valence-electron chi connectivity index (χ3n) is 5.08. The second-order valence-corrected chi connectivity index (χ2v) is 9.49. The van der Waals surface area contributed by atoms with Gasteiger partial charge in [0.25, 0.3) is 5.91 Å².